The molecule has 0 fully saturated rings. The lowest BCUT2D eigenvalue weighted by Gasteiger charge is -2.05. The van der Waals surface area contributed by atoms with Crippen LogP contribution in [-0.2, 0) is 6.42 Å². The molecule has 0 saturated carbocycles. The SMILES string of the molecule is Cc1cccc(-c2ccc(C(=O)Nc3nc(C)c(Cc4ccccc4F)s3)c(=O)[nH]2)c1. The van der Waals surface area contributed by atoms with Crippen molar-refractivity contribution >= 4 is 22.4 Å². The molecule has 2 heterocycles. The van der Waals surface area contributed by atoms with E-state index in [0.717, 1.165) is 16.0 Å². The zero-order chi connectivity index (χ0) is 22.0. The van der Waals surface area contributed by atoms with Crippen molar-refractivity contribution in [1.29, 1.82) is 0 Å². The average molecular weight is 434 g/mol. The summed E-state index contributed by atoms with van der Waals surface area (Å²) in [6.45, 7) is 3.78. The lowest BCUT2D eigenvalue weighted by atomic mass is 10.1. The van der Waals surface area contributed by atoms with E-state index in [4.69, 9.17) is 0 Å². The Hall–Kier alpha value is -3.58. The molecule has 0 aliphatic rings. The smallest absolute Gasteiger partial charge is 0.263 e. The monoisotopic (exact) mass is 433 g/mol. The van der Waals surface area contributed by atoms with Crippen LogP contribution in [0.15, 0.2) is 65.5 Å². The Morgan fingerprint density at radius 1 is 1.10 bits per heavy atom. The highest BCUT2D eigenvalue weighted by atomic mass is 32.1. The molecule has 0 bridgehead atoms. The number of carbonyl (C=O) groups is 1. The Balaban J connectivity index is 1.52. The first-order chi connectivity index (χ1) is 14.9. The van der Waals surface area contributed by atoms with Crippen molar-refractivity contribution in [3.63, 3.8) is 0 Å². The molecule has 2 N–H and O–H groups in total. The molecule has 0 aliphatic carbocycles. The molecule has 0 saturated heterocycles. The minimum atomic E-state index is -0.539. The van der Waals surface area contributed by atoms with Crippen LogP contribution in [0.1, 0.15) is 32.1 Å². The quantitative estimate of drug-likeness (QED) is 0.460. The van der Waals surface area contributed by atoms with Gasteiger partial charge >= 0.3 is 0 Å². The summed E-state index contributed by atoms with van der Waals surface area (Å²) in [5.41, 5.74) is 3.39. The molecule has 31 heavy (non-hydrogen) atoms. The summed E-state index contributed by atoms with van der Waals surface area (Å²) >= 11 is 1.27. The number of aromatic nitrogens is 2. The highest BCUT2D eigenvalue weighted by Crippen LogP contribution is 2.26. The van der Waals surface area contributed by atoms with E-state index in [1.54, 1.807) is 24.3 Å². The summed E-state index contributed by atoms with van der Waals surface area (Å²) in [7, 11) is 0. The van der Waals surface area contributed by atoms with Crippen molar-refractivity contribution in [3.8, 4) is 11.3 Å². The summed E-state index contributed by atoms with van der Waals surface area (Å²) < 4.78 is 13.9. The summed E-state index contributed by atoms with van der Waals surface area (Å²) in [6, 6.07) is 17.5. The standard InChI is InChI=1S/C24H20FN3O2S/c1-14-6-5-8-17(12-14)20-11-10-18(22(29)27-20)23(30)28-24-26-15(2)21(31-24)13-16-7-3-4-9-19(16)25/h3-12H,13H2,1-2H3,(H,27,29)(H,26,28,30). The van der Waals surface area contributed by atoms with Crippen LogP contribution in [0.25, 0.3) is 11.3 Å². The van der Waals surface area contributed by atoms with Crippen LogP contribution in [0.5, 0.6) is 0 Å². The maximum atomic E-state index is 13.9. The molecular weight excluding hydrogens is 413 g/mol. The van der Waals surface area contributed by atoms with Crippen LogP contribution in [0, 0.1) is 19.7 Å². The van der Waals surface area contributed by atoms with Gasteiger partial charge in [0.1, 0.15) is 11.4 Å². The normalized spacial score (nSPS) is 10.8. The van der Waals surface area contributed by atoms with Crippen LogP contribution in [0.3, 0.4) is 0 Å². The molecule has 156 valence electrons. The maximum absolute atomic E-state index is 13.9. The second-order valence-electron chi connectivity index (χ2n) is 7.23. The Morgan fingerprint density at radius 2 is 1.90 bits per heavy atom. The predicted molar refractivity (Wildman–Crippen MR) is 121 cm³/mol. The molecule has 0 atom stereocenters. The molecule has 2 aromatic heterocycles. The fraction of sp³-hybridized carbons (Fsp3) is 0.125. The van der Waals surface area contributed by atoms with Gasteiger partial charge in [0.25, 0.3) is 11.5 Å². The fourth-order valence-corrected chi connectivity index (χ4v) is 4.24. The van der Waals surface area contributed by atoms with Crippen molar-refractivity contribution < 1.29 is 9.18 Å². The van der Waals surface area contributed by atoms with E-state index in [2.05, 4.69) is 15.3 Å². The molecule has 0 aliphatic heterocycles. The largest absolute Gasteiger partial charge is 0.321 e. The van der Waals surface area contributed by atoms with Crippen molar-refractivity contribution in [3.05, 3.63) is 104 Å². The van der Waals surface area contributed by atoms with Crippen LogP contribution >= 0.6 is 11.3 Å². The van der Waals surface area contributed by atoms with E-state index in [0.29, 0.717) is 28.5 Å². The van der Waals surface area contributed by atoms with Crippen LogP contribution in [-0.4, -0.2) is 15.9 Å². The van der Waals surface area contributed by atoms with E-state index in [-0.39, 0.29) is 11.4 Å². The van der Waals surface area contributed by atoms with Crippen molar-refractivity contribution in [2.45, 2.75) is 20.3 Å². The number of nitrogens with one attached hydrogen (secondary N) is 2. The molecule has 0 unspecified atom stereocenters. The Bertz CT molecular complexity index is 1330. The lowest BCUT2D eigenvalue weighted by molar-refractivity contribution is 0.102. The molecule has 0 radical (unpaired) electrons. The van der Waals surface area contributed by atoms with E-state index >= 15 is 0 Å². The minimum absolute atomic E-state index is 0.0000834. The van der Waals surface area contributed by atoms with E-state index in [1.165, 1.54) is 23.5 Å². The number of amides is 1. The molecule has 2 aromatic carbocycles. The number of pyridine rings is 1. The van der Waals surface area contributed by atoms with Crippen LogP contribution < -0.4 is 10.9 Å². The van der Waals surface area contributed by atoms with Crippen molar-refractivity contribution in [2.75, 3.05) is 5.32 Å². The van der Waals surface area contributed by atoms with Crippen LogP contribution in [0.4, 0.5) is 9.52 Å². The van der Waals surface area contributed by atoms with E-state index in [9.17, 15) is 14.0 Å². The van der Waals surface area contributed by atoms with Crippen LogP contribution in [0.2, 0.25) is 0 Å². The first-order valence-electron chi connectivity index (χ1n) is 9.72. The minimum Gasteiger partial charge on any atom is -0.321 e. The molecule has 4 rings (SSSR count). The van der Waals surface area contributed by atoms with Gasteiger partial charge in [0.05, 0.1) is 5.69 Å². The topological polar surface area (TPSA) is 74.8 Å². The number of benzene rings is 2. The molecule has 1 amide bonds. The number of hydrogen-bond acceptors (Lipinski definition) is 4. The summed E-state index contributed by atoms with van der Waals surface area (Å²) in [5, 5.41) is 3.06. The second-order valence-corrected chi connectivity index (χ2v) is 8.32. The van der Waals surface area contributed by atoms with E-state index in [1.807, 2.05) is 38.1 Å². The molecular formula is C24H20FN3O2S. The summed E-state index contributed by atoms with van der Waals surface area (Å²) in [4.78, 5) is 33.1. The van der Waals surface area contributed by atoms with Gasteiger partial charge in [0.2, 0.25) is 0 Å². The lowest BCUT2D eigenvalue weighted by Crippen LogP contribution is -2.23. The number of aromatic amines is 1. The van der Waals surface area contributed by atoms with Gasteiger partial charge in [-0.05, 0) is 49.2 Å². The third kappa shape index (κ3) is 4.62. The Labute approximate surface area is 182 Å². The maximum Gasteiger partial charge on any atom is 0.263 e. The third-order valence-electron chi connectivity index (χ3n) is 4.91. The third-order valence-corrected chi connectivity index (χ3v) is 5.98. The number of hydrogen-bond donors (Lipinski definition) is 2. The number of rotatable bonds is 5. The van der Waals surface area contributed by atoms with Gasteiger partial charge in [0, 0.05) is 17.0 Å². The first-order valence-corrected chi connectivity index (χ1v) is 10.5. The van der Waals surface area contributed by atoms with E-state index < -0.39 is 11.5 Å². The number of aryl methyl sites for hydroxylation is 2. The van der Waals surface area contributed by atoms with Gasteiger partial charge in [-0.25, -0.2) is 9.37 Å². The first kappa shape index (κ1) is 20.7. The second kappa shape index (κ2) is 8.65. The average Bonchev–Trinajstić information content (AvgIpc) is 3.08. The van der Waals surface area contributed by atoms with Gasteiger partial charge in [-0.2, -0.15) is 0 Å². The Morgan fingerprint density at radius 3 is 2.65 bits per heavy atom. The number of thiazole rings is 1. The Kier molecular flexibility index (Phi) is 5.77. The number of anilines is 1. The zero-order valence-electron chi connectivity index (χ0n) is 17.0. The van der Waals surface area contributed by atoms with Crippen molar-refractivity contribution in [1.82, 2.24) is 9.97 Å². The number of H-pyrrole nitrogens is 1. The molecule has 0 spiro atoms. The van der Waals surface area contributed by atoms with Gasteiger partial charge in [-0.15, -0.1) is 11.3 Å². The van der Waals surface area contributed by atoms with Gasteiger partial charge in [0.15, 0.2) is 5.13 Å². The number of carbonyl (C=O) groups excluding carboxylic acids is 1. The van der Waals surface area contributed by atoms with Gasteiger partial charge in [-0.3, -0.25) is 14.9 Å². The summed E-state index contributed by atoms with van der Waals surface area (Å²) in [5.74, 6) is -0.815. The molecule has 4 aromatic rings. The summed E-state index contributed by atoms with van der Waals surface area (Å²) in [6.07, 6.45) is 0.387. The number of halogens is 1. The predicted octanol–water partition coefficient (Wildman–Crippen LogP) is 5.10. The number of nitrogens with zero attached hydrogens (tertiary/aromatic N) is 1. The highest BCUT2D eigenvalue weighted by Gasteiger charge is 2.16. The molecule has 5 nitrogen and oxygen atoms in total. The zero-order valence-corrected chi connectivity index (χ0v) is 17.8. The van der Waals surface area contributed by atoms with Gasteiger partial charge < -0.3 is 4.98 Å². The highest BCUT2D eigenvalue weighted by molar-refractivity contribution is 7.15. The van der Waals surface area contributed by atoms with Crippen molar-refractivity contribution in [2.24, 2.45) is 0 Å². The fourth-order valence-electron chi connectivity index (χ4n) is 3.26. The van der Waals surface area contributed by atoms with Gasteiger partial charge in [-0.1, -0.05) is 42.0 Å². The molecule has 7 heteroatoms.